The summed E-state index contributed by atoms with van der Waals surface area (Å²) in [5.41, 5.74) is 2.62. The summed E-state index contributed by atoms with van der Waals surface area (Å²) >= 11 is 0. The summed E-state index contributed by atoms with van der Waals surface area (Å²) in [6.07, 6.45) is 3.36. The van der Waals surface area contributed by atoms with Gasteiger partial charge in [-0.25, -0.2) is 0 Å². The fraction of sp³-hybridized carbons (Fsp3) is 0.136. The van der Waals surface area contributed by atoms with Gasteiger partial charge in [0, 0.05) is 22.7 Å². The van der Waals surface area contributed by atoms with Crippen LogP contribution in [0.25, 0.3) is 17.0 Å². The molecule has 0 fully saturated rings. The molecule has 0 saturated carbocycles. The number of nitriles is 2. The Kier molecular flexibility index (Phi) is 5.35. The zero-order valence-electron chi connectivity index (χ0n) is 14.9. The molecule has 132 valence electrons. The van der Waals surface area contributed by atoms with Gasteiger partial charge >= 0.3 is 0 Å². The van der Waals surface area contributed by atoms with E-state index in [1.807, 2.05) is 67.6 Å². The smallest absolute Gasteiger partial charge is 0.262 e. The van der Waals surface area contributed by atoms with Crippen LogP contribution in [0, 0.1) is 22.7 Å². The van der Waals surface area contributed by atoms with Crippen molar-refractivity contribution in [2.75, 3.05) is 0 Å². The Bertz CT molecular complexity index is 1080. The summed E-state index contributed by atoms with van der Waals surface area (Å²) < 4.78 is 1.81. The van der Waals surface area contributed by atoms with Crippen molar-refractivity contribution in [3.05, 3.63) is 77.5 Å². The van der Waals surface area contributed by atoms with Gasteiger partial charge in [-0.1, -0.05) is 48.5 Å². The van der Waals surface area contributed by atoms with Crippen LogP contribution < -0.4 is 5.32 Å². The number of amides is 1. The van der Waals surface area contributed by atoms with Crippen molar-refractivity contribution < 1.29 is 4.79 Å². The molecule has 3 rings (SSSR count). The number of hydrogen-bond donors (Lipinski definition) is 1. The highest BCUT2D eigenvalue weighted by Gasteiger charge is 2.15. The van der Waals surface area contributed by atoms with Crippen LogP contribution in [0.2, 0.25) is 0 Å². The zero-order valence-corrected chi connectivity index (χ0v) is 14.9. The second-order valence-corrected chi connectivity index (χ2v) is 6.16. The molecule has 0 radical (unpaired) electrons. The summed E-state index contributed by atoms with van der Waals surface area (Å²) in [5, 5.41) is 22.2. The van der Waals surface area contributed by atoms with E-state index >= 15 is 0 Å². The van der Waals surface area contributed by atoms with E-state index in [0.29, 0.717) is 0 Å². The first kappa shape index (κ1) is 18.0. The highest BCUT2D eigenvalue weighted by atomic mass is 16.1. The van der Waals surface area contributed by atoms with Gasteiger partial charge in [0.15, 0.2) is 0 Å². The molecule has 5 nitrogen and oxygen atoms in total. The van der Waals surface area contributed by atoms with Crippen molar-refractivity contribution >= 4 is 22.9 Å². The summed E-state index contributed by atoms with van der Waals surface area (Å²) in [4.78, 5) is 12.6. The highest BCUT2D eigenvalue weighted by Crippen LogP contribution is 2.24. The first-order valence-corrected chi connectivity index (χ1v) is 8.56. The van der Waals surface area contributed by atoms with E-state index in [4.69, 9.17) is 5.26 Å². The third kappa shape index (κ3) is 3.89. The molecular weight excluding hydrogens is 336 g/mol. The van der Waals surface area contributed by atoms with Gasteiger partial charge in [0.1, 0.15) is 18.2 Å². The first-order valence-electron chi connectivity index (χ1n) is 8.56. The Morgan fingerprint density at radius 2 is 1.85 bits per heavy atom. The molecule has 0 spiro atoms. The summed E-state index contributed by atoms with van der Waals surface area (Å²) in [6.45, 7) is 2.08. The number of para-hydroxylation sites is 1. The Balaban J connectivity index is 1.91. The topological polar surface area (TPSA) is 81.6 Å². The number of nitrogens with one attached hydrogen (secondary N) is 1. The monoisotopic (exact) mass is 354 g/mol. The maximum absolute atomic E-state index is 12.6. The van der Waals surface area contributed by atoms with Crippen molar-refractivity contribution in [1.82, 2.24) is 9.88 Å². The van der Waals surface area contributed by atoms with Crippen molar-refractivity contribution in [2.24, 2.45) is 0 Å². The van der Waals surface area contributed by atoms with Crippen LogP contribution in [0.4, 0.5) is 0 Å². The lowest BCUT2D eigenvalue weighted by atomic mass is 10.1. The summed E-state index contributed by atoms with van der Waals surface area (Å²) in [5.74, 6) is -0.425. The number of rotatable bonds is 5. The largest absolute Gasteiger partial charge is 0.345 e. The number of hydrogen-bond acceptors (Lipinski definition) is 3. The van der Waals surface area contributed by atoms with Gasteiger partial charge < -0.3 is 9.88 Å². The Labute approximate surface area is 157 Å². The maximum Gasteiger partial charge on any atom is 0.262 e. The number of fused-ring (bicyclic) bond motifs is 1. The van der Waals surface area contributed by atoms with E-state index in [1.54, 1.807) is 16.8 Å². The minimum absolute atomic E-state index is 0.0256. The van der Waals surface area contributed by atoms with Gasteiger partial charge in [-0.2, -0.15) is 10.5 Å². The standard InChI is InChI=1S/C22H18N4O/c1-16(17-7-3-2-4-8-17)25-22(27)18(14-24)13-19-15-26(12-11-23)21-10-6-5-9-20(19)21/h2-10,13,15-16H,12H2,1H3,(H,25,27)/b18-13-/t16-/m0/s1. The minimum atomic E-state index is -0.425. The normalized spacial score (nSPS) is 12.2. The third-order valence-electron chi connectivity index (χ3n) is 4.37. The zero-order chi connectivity index (χ0) is 19.2. The molecule has 0 unspecified atom stereocenters. The number of nitrogens with zero attached hydrogens (tertiary/aromatic N) is 3. The molecule has 1 atom stereocenters. The second kappa shape index (κ2) is 8.03. The van der Waals surface area contributed by atoms with Gasteiger partial charge in [0.2, 0.25) is 0 Å². The predicted molar refractivity (Wildman–Crippen MR) is 104 cm³/mol. The number of aromatic nitrogens is 1. The SMILES string of the molecule is C[C@H](NC(=O)/C(C#N)=C\c1cn(CC#N)c2ccccc12)c1ccccc1. The first-order chi connectivity index (χ1) is 13.1. The van der Waals surface area contributed by atoms with Crippen LogP contribution in [0.3, 0.4) is 0 Å². The quantitative estimate of drug-likeness (QED) is 0.556. The fourth-order valence-corrected chi connectivity index (χ4v) is 3.00. The van der Waals surface area contributed by atoms with E-state index in [2.05, 4.69) is 11.4 Å². The lowest BCUT2D eigenvalue weighted by molar-refractivity contribution is -0.117. The molecule has 5 heteroatoms. The number of carbonyl (C=O) groups is 1. The van der Waals surface area contributed by atoms with Gasteiger partial charge in [0.05, 0.1) is 12.1 Å². The van der Waals surface area contributed by atoms with Crippen molar-refractivity contribution in [1.29, 1.82) is 10.5 Å². The van der Waals surface area contributed by atoms with Crippen LogP contribution in [-0.4, -0.2) is 10.5 Å². The minimum Gasteiger partial charge on any atom is -0.345 e. The molecule has 1 amide bonds. The molecule has 1 N–H and O–H groups in total. The average molecular weight is 354 g/mol. The molecule has 1 heterocycles. The number of benzene rings is 2. The molecule has 2 aromatic carbocycles. The molecule has 0 aliphatic carbocycles. The molecule has 1 aromatic heterocycles. The van der Waals surface area contributed by atoms with Gasteiger partial charge in [-0.05, 0) is 24.6 Å². The molecular formula is C22H18N4O. The Hall–Kier alpha value is -3.83. The molecule has 0 saturated heterocycles. The van der Waals surface area contributed by atoms with Crippen molar-refractivity contribution in [3.63, 3.8) is 0 Å². The Morgan fingerprint density at radius 3 is 2.56 bits per heavy atom. The van der Waals surface area contributed by atoms with E-state index in [9.17, 15) is 10.1 Å². The second-order valence-electron chi connectivity index (χ2n) is 6.16. The van der Waals surface area contributed by atoms with Crippen LogP contribution in [-0.2, 0) is 11.3 Å². The molecule has 27 heavy (non-hydrogen) atoms. The van der Waals surface area contributed by atoms with Crippen LogP contribution in [0.5, 0.6) is 0 Å². The van der Waals surface area contributed by atoms with Crippen molar-refractivity contribution in [2.45, 2.75) is 19.5 Å². The van der Waals surface area contributed by atoms with E-state index in [1.165, 1.54) is 0 Å². The molecule has 3 aromatic rings. The van der Waals surface area contributed by atoms with Crippen molar-refractivity contribution in [3.8, 4) is 12.1 Å². The fourth-order valence-electron chi connectivity index (χ4n) is 3.00. The lowest BCUT2D eigenvalue weighted by Crippen LogP contribution is -2.27. The van der Waals surface area contributed by atoms with E-state index < -0.39 is 5.91 Å². The van der Waals surface area contributed by atoms with E-state index in [-0.39, 0.29) is 18.2 Å². The highest BCUT2D eigenvalue weighted by molar-refractivity contribution is 6.04. The van der Waals surface area contributed by atoms with Gasteiger partial charge in [-0.15, -0.1) is 0 Å². The lowest BCUT2D eigenvalue weighted by Gasteiger charge is -2.13. The summed E-state index contributed by atoms with van der Waals surface area (Å²) in [6, 6.07) is 21.1. The Morgan fingerprint density at radius 1 is 1.15 bits per heavy atom. The van der Waals surface area contributed by atoms with Crippen LogP contribution >= 0.6 is 0 Å². The predicted octanol–water partition coefficient (Wildman–Crippen LogP) is 3.95. The summed E-state index contributed by atoms with van der Waals surface area (Å²) in [7, 11) is 0. The number of carbonyl (C=O) groups excluding carboxylic acids is 1. The van der Waals surface area contributed by atoms with Gasteiger partial charge in [-0.3, -0.25) is 4.79 Å². The van der Waals surface area contributed by atoms with Crippen LogP contribution in [0.1, 0.15) is 24.1 Å². The average Bonchev–Trinajstić information content (AvgIpc) is 3.04. The third-order valence-corrected chi connectivity index (χ3v) is 4.37. The van der Waals surface area contributed by atoms with E-state index in [0.717, 1.165) is 22.0 Å². The maximum atomic E-state index is 12.6. The molecule has 0 aliphatic heterocycles. The molecule has 0 bridgehead atoms. The van der Waals surface area contributed by atoms with Gasteiger partial charge in [0.25, 0.3) is 5.91 Å². The van der Waals surface area contributed by atoms with Crippen LogP contribution in [0.15, 0.2) is 66.4 Å². The molecule has 0 aliphatic rings.